The first-order chi connectivity index (χ1) is 5.74. The van der Waals surface area contributed by atoms with E-state index in [-0.39, 0.29) is 0 Å². The average molecular weight is 248 g/mol. The van der Waals surface area contributed by atoms with Crippen molar-refractivity contribution < 1.29 is 4.84 Å². The Morgan fingerprint density at radius 2 is 2.50 bits per heavy atom. The van der Waals surface area contributed by atoms with Crippen LogP contribution in [0.3, 0.4) is 0 Å². The molecule has 0 amide bonds. The Morgan fingerprint density at radius 1 is 1.75 bits per heavy atom. The molecule has 66 valence electrons. The second-order valence-corrected chi connectivity index (χ2v) is 4.66. The summed E-state index contributed by atoms with van der Waals surface area (Å²) in [6.45, 7) is 4.58. The summed E-state index contributed by atoms with van der Waals surface area (Å²) in [7, 11) is 0. The summed E-state index contributed by atoms with van der Waals surface area (Å²) in [5, 5.41) is 3.78. The van der Waals surface area contributed by atoms with Crippen molar-refractivity contribution in [1.82, 2.24) is 0 Å². The average Bonchev–Trinajstić information content (AvgIpc) is 2.32. The van der Waals surface area contributed by atoms with Crippen molar-refractivity contribution in [3.05, 3.63) is 20.3 Å². The quantitative estimate of drug-likeness (QED) is 0.594. The van der Waals surface area contributed by atoms with Crippen molar-refractivity contribution >= 4 is 33.5 Å². The van der Waals surface area contributed by atoms with Crippen molar-refractivity contribution in [3.8, 4) is 0 Å². The summed E-state index contributed by atoms with van der Waals surface area (Å²) in [5.41, 5.74) is 1.23. The molecule has 0 aromatic carbocycles. The highest BCUT2D eigenvalue weighted by Crippen LogP contribution is 2.25. The zero-order valence-corrected chi connectivity index (χ0v) is 9.41. The summed E-state index contributed by atoms with van der Waals surface area (Å²) >= 11 is 5.09. The Bertz CT molecular complexity index is 263. The fraction of sp³-hybridized carbons (Fsp3) is 0.375. The first-order valence-corrected chi connectivity index (χ1v) is 5.26. The second kappa shape index (κ2) is 4.62. The van der Waals surface area contributed by atoms with Crippen LogP contribution in [0, 0.1) is 6.92 Å². The number of hydrogen-bond donors (Lipinski definition) is 0. The Kier molecular flexibility index (Phi) is 3.75. The molecule has 0 N–H and O–H groups in total. The lowest BCUT2D eigenvalue weighted by molar-refractivity contribution is 0.160. The maximum absolute atomic E-state index is 4.85. The van der Waals surface area contributed by atoms with Crippen LogP contribution in [0.1, 0.15) is 17.4 Å². The molecule has 0 aliphatic carbocycles. The molecule has 0 aliphatic heterocycles. The zero-order chi connectivity index (χ0) is 8.97. The third-order valence-electron chi connectivity index (χ3n) is 1.26. The lowest BCUT2D eigenvalue weighted by atomic mass is 10.3. The van der Waals surface area contributed by atoms with E-state index in [4.69, 9.17) is 4.84 Å². The van der Waals surface area contributed by atoms with Gasteiger partial charge in [-0.15, -0.1) is 11.3 Å². The van der Waals surface area contributed by atoms with E-state index >= 15 is 0 Å². The van der Waals surface area contributed by atoms with Crippen molar-refractivity contribution in [2.24, 2.45) is 5.16 Å². The normalized spacial score (nSPS) is 10.9. The molecule has 1 aromatic rings. The third kappa shape index (κ3) is 2.60. The molecule has 0 saturated heterocycles. The van der Waals surface area contributed by atoms with Gasteiger partial charge in [-0.1, -0.05) is 5.16 Å². The van der Waals surface area contributed by atoms with Crippen molar-refractivity contribution in [2.45, 2.75) is 13.8 Å². The van der Waals surface area contributed by atoms with Gasteiger partial charge in [-0.2, -0.15) is 0 Å². The van der Waals surface area contributed by atoms with Gasteiger partial charge in [-0.05, 0) is 41.4 Å². The van der Waals surface area contributed by atoms with Crippen LogP contribution in [0.4, 0.5) is 0 Å². The molecule has 1 heterocycles. The molecule has 0 spiro atoms. The van der Waals surface area contributed by atoms with Gasteiger partial charge in [-0.3, -0.25) is 0 Å². The predicted molar refractivity (Wildman–Crippen MR) is 56.0 cm³/mol. The number of aryl methyl sites for hydroxylation is 1. The number of halogens is 1. The largest absolute Gasteiger partial charge is 0.396 e. The molecule has 0 bridgehead atoms. The molecule has 0 atom stereocenters. The summed E-state index contributed by atoms with van der Waals surface area (Å²) < 4.78 is 1.15. The predicted octanol–water partition coefficient (Wildman–Crippen LogP) is 3.19. The van der Waals surface area contributed by atoms with Gasteiger partial charge in [0.05, 0.1) is 14.9 Å². The fourth-order valence-corrected chi connectivity index (χ4v) is 2.14. The monoisotopic (exact) mass is 247 g/mol. The minimum absolute atomic E-state index is 0.613. The molecule has 0 saturated carbocycles. The first-order valence-electron chi connectivity index (χ1n) is 3.65. The molecular weight excluding hydrogens is 238 g/mol. The van der Waals surface area contributed by atoms with Crippen LogP contribution in [0.15, 0.2) is 15.0 Å². The van der Waals surface area contributed by atoms with Crippen molar-refractivity contribution in [2.75, 3.05) is 6.61 Å². The smallest absolute Gasteiger partial charge is 0.114 e. The van der Waals surface area contributed by atoms with Gasteiger partial charge in [0, 0.05) is 0 Å². The van der Waals surface area contributed by atoms with E-state index in [9.17, 15) is 0 Å². The Balaban J connectivity index is 2.64. The van der Waals surface area contributed by atoms with Crippen LogP contribution in [0.2, 0.25) is 0 Å². The minimum Gasteiger partial charge on any atom is -0.396 e. The summed E-state index contributed by atoms with van der Waals surface area (Å²) in [5.74, 6) is 0. The van der Waals surface area contributed by atoms with Gasteiger partial charge in [0.1, 0.15) is 6.61 Å². The maximum atomic E-state index is 4.85. The number of hydrogen-bond acceptors (Lipinski definition) is 3. The third-order valence-corrected chi connectivity index (χ3v) is 3.33. The van der Waals surface area contributed by atoms with E-state index in [1.165, 1.54) is 5.56 Å². The molecule has 0 aliphatic rings. The SMILES string of the molecule is CCO/N=C/c1cc(C)c(Br)s1. The highest BCUT2D eigenvalue weighted by Gasteiger charge is 1.99. The Morgan fingerprint density at radius 3 is 3.00 bits per heavy atom. The van der Waals surface area contributed by atoms with Crippen LogP contribution in [-0.2, 0) is 4.84 Å². The van der Waals surface area contributed by atoms with E-state index < -0.39 is 0 Å². The van der Waals surface area contributed by atoms with Gasteiger partial charge < -0.3 is 4.84 Å². The molecule has 1 rings (SSSR count). The van der Waals surface area contributed by atoms with Crippen LogP contribution in [0.5, 0.6) is 0 Å². The molecule has 1 aromatic heterocycles. The molecule has 4 heteroatoms. The van der Waals surface area contributed by atoms with E-state index in [1.54, 1.807) is 17.6 Å². The highest BCUT2D eigenvalue weighted by molar-refractivity contribution is 9.11. The molecule has 0 radical (unpaired) electrons. The lowest BCUT2D eigenvalue weighted by Gasteiger charge is -1.87. The molecule has 0 unspecified atom stereocenters. The number of nitrogens with zero attached hydrogens (tertiary/aromatic N) is 1. The zero-order valence-electron chi connectivity index (χ0n) is 7.00. The molecular formula is C8H10BrNOS. The van der Waals surface area contributed by atoms with E-state index in [0.29, 0.717) is 6.61 Å². The summed E-state index contributed by atoms with van der Waals surface area (Å²) in [4.78, 5) is 5.95. The van der Waals surface area contributed by atoms with Crippen LogP contribution >= 0.6 is 27.3 Å². The molecule has 0 fully saturated rings. The Hall–Kier alpha value is -0.350. The van der Waals surface area contributed by atoms with Gasteiger partial charge >= 0.3 is 0 Å². The second-order valence-electron chi connectivity index (χ2n) is 2.26. The first kappa shape index (κ1) is 9.74. The standard InChI is InChI=1S/C8H10BrNOS/c1-3-11-10-5-7-4-6(2)8(9)12-7/h4-5H,3H2,1-2H3/b10-5+. The van der Waals surface area contributed by atoms with Gasteiger partial charge in [0.15, 0.2) is 0 Å². The van der Waals surface area contributed by atoms with Gasteiger partial charge in [0.25, 0.3) is 0 Å². The summed E-state index contributed by atoms with van der Waals surface area (Å²) in [6, 6.07) is 2.07. The Labute approximate surface area is 84.4 Å². The topological polar surface area (TPSA) is 21.6 Å². The van der Waals surface area contributed by atoms with E-state index in [2.05, 4.69) is 34.1 Å². The van der Waals surface area contributed by atoms with Crippen LogP contribution in [0.25, 0.3) is 0 Å². The maximum Gasteiger partial charge on any atom is 0.114 e. The van der Waals surface area contributed by atoms with Crippen molar-refractivity contribution in [3.63, 3.8) is 0 Å². The summed E-state index contributed by atoms with van der Waals surface area (Å²) in [6.07, 6.45) is 1.73. The lowest BCUT2D eigenvalue weighted by Crippen LogP contribution is -1.79. The molecule has 2 nitrogen and oxygen atoms in total. The fourth-order valence-electron chi connectivity index (χ4n) is 0.711. The highest BCUT2D eigenvalue weighted by atomic mass is 79.9. The van der Waals surface area contributed by atoms with Gasteiger partial charge in [0.2, 0.25) is 0 Å². The molecule has 12 heavy (non-hydrogen) atoms. The van der Waals surface area contributed by atoms with Crippen LogP contribution < -0.4 is 0 Å². The number of rotatable bonds is 3. The van der Waals surface area contributed by atoms with Gasteiger partial charge in [-0.25, -0.2) is 0 Å². The number of thiophene rings is 1. The van der Waals surface area contributed by atoms with E-state index in [1.807, 2.05) is 6.92 Å². The van der Waals surface area contributed by atoms with E-state index in [0.717, 1.165) is 8.66 Å². The number of oxime groups is 1. The minimum atomic E-state index is 0.613. The van der Waals surface area contributed by atoms with Crippen LogP contribution in [-0.4, -0.2) is 12.8 Å². The van der Waals surface area contributed by atoms with Crippen molar-refractivity contribution in [1.29, 1.82) is 0 Å².